The number of aliphatic hydroxyl groups is 4. The first-order valence-corrected chi connectivity index (χ1v) is 10.5. The summed E-state index contributed by atoms with van der Waals surface area (Å²) in [6.07, 6.45) is -8.37. The van der Waals surface area contributed by atoms with E-state index in [-0.39, 0.29) is 5.75 Å². The Morgan fingerprint density at radius 1 is 0.853 bits per heavy atom. The van der Waals surface area contributed by atoms with Crippen LogP contribution in [0.25, 0.3) is 22.9 Å². The fourth-order valence-electron chi connectivity index (χ4n) is 3.73. The third-order valence-corrected chi connectivity index (χ3v) is 5.66. The average molecular weight is 476 g/mol. The van der Waals surface area contributed by atoms with Crippen molar-refractivity contribution in [1.29, 1.82) is 0 Å². The Labute approximate surface area is 193 Å². The van der Waals surface area contributed by atoms with Crippen LogP contribution in [0.5, 0.6) is 5.75 Å². The maximum Gasteiger partial charge on any atom is 0.416 e. The molecule has 180 valence electrons. The van der Waals surface area contributed by atoms with Crippen molar-refractivity contribution in [1.82, 2.24) is 0 Å². The fourth-order valence-corrected chi connectivity index (χ4v) is 3.73. The van der Waals surface area contributed by atoms with Gasteiger partial charge in [0.15, 0.2) is 0 Å². The standard InChI is InChI=1S/C25H23F3O6/c26-25(27,28)18-9-6-14(7-10-18)5-8-17-11-15-3-1-2-4-16(15)12-19(17)33-24-23(32)22(31)21(30)20(13-29)34-24/h1-12,20-24,29-32H,13H2/b8-5+/t20-,21-,22+,23-,24-/m1/s1. The van der Waals surface area contributed by atoms with Crippen LogP contribution in [-0.4, -0.2) is 57.7 Å². The highest BCUT2D eigenvalue weighted by atomic mass is 19.4. The van der Waals surface area contributed by atoms with Crippen LogP contribution < -0.4 is 4.74 Å². The van der Waals surface area contributed by atoms with Gasteiger partial charge in [-0.3, -0.25) is 0 Å². The highest BCUT2D eigenvalue weighted by molar-refractivity contribution is 5.88. The number of ether oxygens (including phenoxy) is 2. The van der Waals surface area contributed by atoms with Gasteiger partial charge in [-0.05, 0) is 40.6 Å². The lowest BCUT2D eigenvalue weighted by atomic mass is 9.99. The first-order valence-electron chi connectivity index (χ1n) is 10.5. The molecule has 0 radical (unpaired) electrons. The number of hydrogen-bond donors (Lipinski definition) is 4. The molecule has 1 heterocycles. The molecular weight excluding hydrogens is 453 g/mol. The Morgan fingerprint density at radius 2 is 1.50 bits per heavy atom. The molecule has 1 saturated heterocycles. The van der Waals surface area contributed by atoms with Crippen LogP contribution in [-0.2, 0) is 10.9 Å². The summed E-state index contributed by atoms with van der Waals surface area (Å²) in [4.78, 5) is 0. The van der Waals surface area contributed by atoms with E-state index in [4.69, 9.17) is 9.47 Å². The summed E-state index contributed by atoms with van der Waals surface area (Å²) in [5, 5.41) is 41.5. The Kier molecular flexibility index (Phi) is 6.92. The highest BCUT2D eigenvalue weighted by Crippen LogP contribution is 2.32. The third-order valence-electron chi connectivity index (χ3n) is 5.66. The number of rotatable bonds is 5. The first kappa shape index (κ1) is 24.2. The number of hydrogen-bond acceptors (Lipinski definition) is 6. The second-order valence-electron chi connectivity index (χ2n) is 8.01. The quantitative estimate of drug-likeness (QED) is 0.422. The fraction of sp³-hybridized carbons (Fsp3) is 0.280. The molecule has 4 N–H and O–H groups in total. The van der Waals surface area contributed by atoms with Crippen molar-refractivity contribution in [3.8, 4) is 5.75 Å². The van der Waals surface area contributed by atoms with Crippen molar-refractivity contribution in [3.63, 3.8) is 0 Å². The van der Waals surface area contributed by atoms with E-state index in [1.54, 1.807) is 24.3 Å². The van der Waals surface area contributed by atoms with Crippen molar-refractivity contribution in [2.75, 3.05) is 6.61 Å². The SMILES string of the molecule is OC[C@H]1O[C@@H](Oc2cc3ccccc3cc2/C=C/c2ccc(C(F)(F)F)cc2)[C@H](O)[C@@H](O)[C@@H]1O. The maximum atomic E-state index is 12.8. The number of halogens is 3. The monoisotopic (exact) mass is 476 g/mol. The normalized spacial score (nSPS) is 25.7. The Bertz CT molecular complexity index is 1160. The van der Waals surface area contributed by atoms with Gasteiger partial charge in [0.2, 0.25) is 6.29 Å². The smallest absolute Gasteiger partial charge is 0.416 e. The molecule has 3 aromatic rings. The summed E-state index contributed by atoms with van der Waals surface area (Å²) in [6.45, 7) is -0.594. The van der Waals surface area contributed by atoms with Crippen LogP contribution in [0.15, 0.2) is 60.7 Å². The molecule has 4 rings (SSSR count). The molecule has 3 aromatic carbocycles. The second kappa shape index (κ2) is 9.73. The molecule has 1 aliphatic rings. The third kappa shape index (κ3) is 5.08. The average Bonchev–Trinajstić information content (AvgIpc) is 2.82. The molecule has 0 aliphatic carbocycles. The van der Waals surface area contributed by atoms with Crippen LogP contribution in [0, 0.1) is 0 Å². The molecule has 0 spiro atoms. The number of alkyl halides is 3. The maximum absolute atomic E-state index is 12.8. The molecule has 9 heteroatoms. The van der Waals surface area contributed by atoms with Gasteiger partial charge < -0.3 is 29.9 Å². The topological polar surface area (TPSA) is 99.4 Å². The van der Waals surface area contributed by atoms with E-state index < -0.39 is 49.1 Å². The molecule has 5 atom stereocenters. The van der Waals surface area contributed by atoms with Crippen LogP contribution in [0.1, 0.15) is 16.7 Å². The summed E-state index contributed by atoms with van der Waals surface area (Å²) in [5.41, 5.74) is 0.317. The molecule has 0 unspecified atom stereocenters. The summed E-state index contributed by atoms with van der Waals surface area (Å²) in [6, 6.07) is 15.6. The predicted molar refractivity (Wildman–Crippen MR) is 119 cm³/mol. The van der Waals surface area contributed by atoms with E-state index >= 15 is 0 Å². The van der Waals surface area contributed by atoms with Crippen molar-refractivity contribution in [2.45, 2.75) is 36.9 Å². The minimum absolute atomic E-state index is 0.270. The van der Waals surface area contributed by atoms with Crippen LogP contribution >= 0.6 is 0 Å². The summed E-state index contributed by atoms with van der Waals surface area (Å²) < 4.78 is 49.7. The molecule has 0 saturated carbocycles. The number of fused-ring (bicyclic) bond motifs is 1. The highest BCUT2D eigenvalue weighted by Gasteiger charge is 2.44. The van der Waals surface area contributed by atoms with Gasteiger partial charge in [0, 0.05) is 5.56 Å². The van der Waals surface area contributed by atoms with E-state index in [9.17, 15) is 33.6 Å². The summed E-state index contributed by atoms with van der Waals surface area (Å²) >= 11 is 0. The van der Waals surface area contributed by atoms with Gasteiger partial charge in [0.1, 0.15) is 30.2 Å². The molecular formula is C25H23F3O6. The lowest BCUT2D eigenvalue weighted by Gasteiger charge is -2.39. The molecule has 0 aromatic heterocycles. The van der Waals surface area contributed by atoms with Gasteiger partial charge in [0.25, 0.3) is 0 Å². The van der Waals surface area contributed by atoms with E-state index in [1.807, 2.05) is 24.3 Å². The van der Waals surface area contributed by atoms with E-state index in [0.717, 1.165) is 22.9 Å². The molecule has 1 fully saturated rings. The first-order chi connectivity index (χ1) is 16.2. The van der Waals surface area contributed by atoms with Crippen LogP contribution in [0.3, 0.4) is 0 Å². The minimum atomic E-state index is -4.42. The Hall–Kier alpha value is -2.95. The van der Waals surface area contributed by atoms with Crippen LogP contribution in [0.2, 0.25) is 0 Å². The summed E-state index contributed by atoms with van der Waals surface area (Å²) in [5.74, 6) is 0.270. The van der Waals surface area contributed by atoms with Crippen molar-refractivity contribution < 1.29 is 43.1 Å². The van der Waals surface area contributed by atoms with Crippen LogP contribution in [0.4, 0.5) is 13.2 Å². The largest absolute Gasteiger partial charge is 0.461 e. The molecule has 0 amide bonds. The van der Waals surface area contributed by atoms with Crippen molar-refractivity contribution in [2.24, 2.45) is 0 Å². The molecule has 6 nitrogen and oxygen atoms in total. The zero-order chi connectivity index (χ0) is 24.5. The minimum Gasteiger partial charge on any atom is -0.461 e. The summed E-state index contributed by atoms with van der Waals surface area (Å²) in [7, 11) is 0. The van der Waals surface area contributed by atoms with E-state index in [2.05, 4.69) is 0 Å². The molecule has 34 heavy (non-hydrogen) atoms. The molecule has 0 bridgehead atoms. The van der Waals surface area contributed by atoms with Gasteiger partial charge in [-0.2, -0.15) is 13.2 Å². The van der Waals surface area contributed by atoms with Gasteiger partial charge >= 0.3 is 6.18 Å². The van der Waals surface area contributed by atoms with Crippen molar-refractivity contribution >= 4 is 22.9 Å². The van der Waals surface area contributed by atoms with Gasteiger partial charge in [-0.25, -0.2) is 0 Å². The lowest BCUT2D eigenvalue weighted by molar-refractivity contribution is -0.277. The van der Waals surface area contributed by atoms with E-state index in [1.165, 1.54) is 12.1 Å². The Balaban J connectivity index is 1.66. The molecule has 1 aliphatic heterocycles. The van der Waals surface area contributed by atoms with Gasteiger partial charge in [-0.1, -0.05) is 48.6 Å². The lowest BCUT2D eigenvalue weighted by Crippen LogP contribution is -2.60. The second-order valence-corrected chi connectivity index (χ2v) is 8.01. The van der Waals surface area contributed by atoms with Crippen molar-refractivity contribution in [3.05, 3.63) is 77.4 Å². The van der Waals surface area contributed by atoms with E-state index in [0.29, 0.717) is 11.1 Å². The predicted octanol–water partition coefficient (Wildman–Crippen LogP) is 3.21. The number of benzene rings is 3. The zero-order valence-electron chi connectivity index (χ0n) is 17.8. The van der Waals surface area contributed by atoms with Gasteiger partial charge in [-0.15, -0.1) is 0 Å². The number of aliphatic hydroxyl groups excluding tert-OH is 4. The zero-order valence-corrected chi connectivity index (χ0v) is 17.8. The Morgan fingerprint density at radius 3 is 2.12 bits per heavy atom. The van der Waals surface area contributed by atoms with Gasteiger partial charge in [0.05, 0.1) is 12.2 Å².